The van der Waals surface area contributed by atoms with E-state index in [-0.39, 0.29) is 0 Å². The van der Waals surface area contributed by atoms with Gasteiger partial charge in [0, 0.05) is 20.3 Å². The van der Waals surface area contributed by atoms with Crippen LogP contribution in [0.15, 0.2) is 30.6 Å². The van der Waals surface area contributed by atoms with E-state index in [0.29, 0.717) is 23.9 Å². The molecule has 22 heavy (non-hydrogen) atoms. The fourth-order valence-electron chi connectivity index (χ4n) is 1.93. The van der Waals surface area contributed by atoms with E-state index in [1.165, 1.54) is 6.33 Å². The Balaban J connectivity index is 2.11. The molecule has 0 fully saturated rings. The second kappa shape index (κ2) is 8.04. The van der Waals surface area contributed by atoms with Crippen LogP contribution in [0.3, 0.4) is 0 Å². The van der Waals surface area contributed by atoms with E-state index >= 15 is 0 Å². The van der Waals surface area contributed by atoms with Crippen LogP contribution in [0.2, 0.25) is 0 Å². The van der Waals surface area contributed by atoms with Gasteiger partial charge in [0.1, 0.15) is 17.8 Å². The molecule has 118 valence electrons. The van der Waals surface area contributed by atoms with Crippen molar-refractivity contribution in [1.29, 1.82) is 0 Å². The van der Waals surface area contributed by atoms with Crippen LogP contribution in [-0.2, 0) is 4.74 Å². The number of hydrogen-bond acceptors (Lipinski definition) is 7. The van der Waals surface area contributed by atoms with Crippen LogP contribution in [0.4, 0.5) is 23.0 Å². The summed E-state index contributed by atoms with van der Waals surface area (Å²) >= 11 is 0. The molecule has 0 unspecified atom stereocenters. The number of hydrogen-bond donors (Lipinski definition) is 3. The van der Waals surface area contributed by atoms with Crippen molar-refractivity contribution in [2.45, 2.75) is 6.42 Å². The van der Waals surface area contributed by atoms with Gasteiger partial charge in [-0.15, -0.1) is 0 Å². The molecule has 0 atom stereocenters. The quantitative estimate of drug-likeness (QED) is 0.644. The summed E-state index contributed by atoms with van der Waals surface area (Å²) < 4.78 is 10.3. The van der Waals surface area contributed by atoms with Gasteiger partial charge in [-0.1, -0.05) is 12.1 Å². The fraction of sp³-hybridized carbons (Fsp3) is 0.333. The van der Waals surface area contributed by atoms with Crippen molar-refractivity contribution in [3.8, 4) is 5.75 Å². The maximum atomic E-state index is 6.12. The van der Waals surface area contributed by atoms with Crippen LogP contribution in [0.5, 0.6) is 5.75 Å². The molecule has 2 aromatic rings. The van der Waals surface area contributed by atoms with E-state index in [1.807, 2.05) is 24.3 Å². The van der Waals surface area contributed by atoms with Crippen LogP contribution < -0.4 is 21.1 Å². The molecular weight excluding hydrogens is 282 g/mol. The minimum Gasteiger partial charge on any atom is -0.495 e. The lowest BCUT2D eigenvalue weighted by Crippen LogP contribution is -2.10. The number of nitrogens with zero attached hydrogens (tertiary/aromatic N) is 2. The maximum Gasteiger partial charge on any atom is 0.159 e. The number of nitrogen functional groups attached to an aromatic ring is 1. The summed E-state index contributed by atoms with van der Waals surface area (Å²) in [5.41, 5.74) is 7.37. The van der Waals surface area contributed by atoms with Crippen LogP contribution in [0.1, 0.15) is 6.42 Å². The molecule has 7 nitrogen and oxygen atoms in total. The molecule has 0 aliphatic rings. The molecule has 0 radical (unpaired) electrons. The minimum absolute atomic E-state index is 0.464. The van der Waals surface area contributed by atoms with Crippen LogP contribution in [-0.4, -0.2) is 37.3 Å². The average molecular weight is 303 g/mol. The number of anilines is 4. The first-order valence-corrected chi connectivity index (χ1v) is 6.99. The Morgan fingerprint density at radius 3 is 2.68 bits per heavy atom. The van der Waals surface area contributed by atoms with Gasteiger partial charge >= 0.3 is 0 Å². The predicted molar refractivity (Wildman–Crippen MR) is 87.7 cm³/mol. The smallest absolute Gasteiger partial charge is 0.159 e. The largest absolute Gasteiger partial charge is 0.495 e. The van der Waals surface area contributed by atoms with Crippen LogP contribution in [0, 0.1) is 0 Å². The van der Waals surface area contributed by atoms with Crippen molar-refractivity contribution in [2.24, 2.45) is 0 Å². The Bertz CT molecular complexity index is 606. The Labute approximate surface area is 129 Å². The summed E-state index contributed by atoms with van der Waals surface area (Å²) in [6.45, 7) is 1.41. The topological polar surface area (TPSA) is 94.3 Å². The number of aromatic nitrogens is 2. The molecule has 0 saturated carbocycles. The lowest BCUT2D eigenvalue weighted by Gasteiger charge is -2.14. The Hall–Kier alpha value is -2.54. The van der Waals surface area contributed by atoms with Crippen molar-refractivity contribution in [1.82, 2.24) is 9.97 Å². The first-order chi connectivity index (χ1) is 10.8. The van der Waals surface area contributed by atoms with Gasteiger partial charge in [-0.25, -0.2) is 9.97 Å². The van der Waals surface area contributed by atoms with Gasteiger partial charge in [-0.3, -0.25) is 0 Å². The zero-order chi connectivity index (χ0) is 15.8. The van der Waals surface area contributed by atoms with Crippen molar-refractivity contribution < 1.29 is 9.47 Å². The minimum atomic E-state index is 0.464. The third-order valence-corrected chi connectivity index (χ3v) is 3.06. The molecule has 0 saturated heterocycles. The summed E-state index contributed by atoms with van der Waals surface area (Å²) in [5.74, 6) is 1.85. The number of ether oxygens (including phenoxy) is 2. The fourth-order valence-corrected chi connectivity index (χ4v) is 1.93. The van der Waals surface area contributed by atoms with E-state index in [4.69, 9.17) is 15.2 Å². The summed E-state index contributed by atoms with van der Waals surface area (Å²) in [6, 6.07) is 7.57. The molecule has 1 heterocycles. The molecule has 1 aromatic carbocycles. The molecule has 0 aliphatic carbocycles. The zero-order valence-corrected chi connectivity index (χ0v) is 12.8. The van der Waals surface area contributed by atoms with Crippen molar-refractivity contribution in [3.05, 3.63) is 30.6 Å². The number of benzene rings is 1. The lowest BCUT2D eigenvalue weighted by molar-refractivity contribution is 0.198. The average Bonchev–Trinajstić information content (AvgIpc) is 2.55. The second-order valence-corrected chi connectivity index (χ2v) is 4.58. The summed E-state index contributed by atoms with van der Waals surface area (Å²) in [7, 11) is 3.29. The van der Waals surface area contributed by atoms with Gasteiger partial charge in [0.05, 0.1) is 12.8 Å². The third kappa shape index (κ3) is 3.98. The summed E-state index contributed by atoms with van der Waals surface area (Å²) in [6.07, 6.45) is 2.34. The van der Waals surface area contributed by atoms with E-state index in [9.17, 15) is 0 Å². The van der Waals surface area contributed by atoms with E-state index in [0.717, 1.165) is 24.4 Å². The molecule has 2 rings (SSSR count). The zero-order valence-electron chi connectivity index (χ0n) is 12.8. The van der Waals surface area contributed by atoms with Crippen LogP contribution in [0.25, 0.3) is 0 Å². The molecule has 0 bridgehead atoms. The molecule has 0 spiro atoms. The highest BCUT2D eigenvalue weighted by Gasteiger charge is 2.10. The SMILES string of the molecule is COCCCNc1ncnc(Nc2ccccc2OC)c1N. The van der Waals surface area contributed by atoms with Gasteiger partial charge < -0.3 is 25.8 Å². The first-order valence-electron chi connectivity index (χ1n) is 6.99. The molecular formula is C15H21N5O2. The first kappa shape index (κ1) is 15.8. The number of para-hydroxylation sites is 2. The van der Waals surface area contributed by atoms with Crippen molar-refractivity contribution in [3.63, 3.8) is 0 Å². The maximum absolute atomic E-state index is 6.12. The summed E-state index contributed by atoms with van der Waals surface area (Å²) in [5, 5.41) is 6.34. The second-order valence-electron chi connectivity index (χ2n) is 4.58. The molecule has 7 heteroatoms. The monoisotopic (exact) mass is 303 g/mol. The molecule has 4 N–H and O–H groups in total. The van der Waals surface area contributed by atoms with Crippen molar-refractivity contribution in [2.75, 3.05) is 43.7 Å². The number of methoxy groups -OCH3 is 2. The van der Waals surface area contributed by atoms with Gasteiger partial charge in [0.2, 0.25) is 0 Å². The van der Waals surface area contributed by atoms with Gasteiger partial charge in [0.25, 0.3) is 0 Å². The van der Waals surface area contributed by atoms with E-state index < -0.39 is 0 Å². The van der Waals surface area contributed by atoms with Crippen molar-refractivity contribution >= 4 is 23.0 Å². The lowest BCUT2D eigenvalue weighted by atomic mass is 10.3. The molecule has 1 aromatic heterocycles. The molecule has 0 amide bonds. The van der Waals surface area contributed by atoms with Gasteiger partial charge in [-0.2, -0.15) is 0 Å². The highest BCUT2D eigenvalue weighted by atomic mass is 16.5. The van der Waals surface area contributed by atoms with E-state index in [1.54, 1.807) is 14.2 Å². The number of nitrogens with two attached hydrogens (primary N) is 1. The molecule has 0 aliphatic heterocycles. The van der Waals surface area contributed by atoms with Crippen LogP contribution >= 0.6 is 0 Å². The Morgan fingerprint density at radius 1 is 1.14 bits per heavy atom. The Morgan fingerprint density at radius 2 is 1.91 bits per heavy atom. The van der Waals surface area contributed by atoms with E-state index in [2.05, 4.69) is 20.6 Å². The standard InChI is InChI=1S/C15H21N5O2/c1-21-9-5-8-17-14-13(16)15(19-10-18-14)20-11-6-3-4-7-12(11)22-2/h3-4,6-7,10H,5,8-9,16H2,1-2H3,(H2,17,18,19,20). The normalized spacial score (nSPS) is 10.3. The Kier molecular flexibility index (Phi) is 5.79. The summed E-state index contributed by atoms with van der Waals surface area (Å²) in [4.78, 5) is 8.35. The number of rotatable bonds is 8. The highest BCUT2D eigenvalue weighted by molar-refractivity contribution is 5.79. The third-order valence-electron chi connectivity index (χ3n) is 3.06. The van der Waals surface area contributed by atoms with Gasteiger partial charge in [-0.05, 0) is 18.6 Å². The highest BCUT2D eigenvalue weighted by Crippen LogP contribution is 2.30. The predicted octanol–water partition coefficient (Wildman–Crippen LogP) is 2.26. The number of nitrogens with one attached hydrogen (secondary N) is 2. The van der Waals surface area contributed by atoms with Gasteiger partial charge in [0.15, 0.2) is 11.6 Å².